The number of pyridine rings is 1. The van der Waals surface area contributed by atoms with E-state index in [1.165, 1.54) is 11.8 Å². The maximum absolute atomic E-state index is 12.6. The van der Waals surface area contributed by atoms with Crippen LogP contribution in [0.4, 0.5) is 5.69 Å². The summed E-state index contributed by atoms with van der Waals surface area (Å²) in [6.45, 7) is 6.06. The van der Waals surface area contributed by atoms with E-state index in [-0.39, 0.29) is 18.4 Å². The van der Waals surface area contributed by atoms with Crippen molar-refractivity contribution in [1.82, 2.24) is 9.88 Å². The fourth-order valence-electron chi connectivity index (χ4n) is 3.32. The number of fused-ring (bicyclic) bond motifs is 1. The number of amides is 2. The van der Waals surface area contributed by atoms with Gasteiger partial charge in [-0.15, -0.1) is 0 Å². The van der Waals surface area contributed by atoms with Crippen LogP contribution in [-0.4, -0.2) is 47.1 Å². The molecule has 22 heavy (non-hydrogen) atoms. The number of hydrogen-bond donors (Lipinski definition) is 0. The van der Waals surface area contributed by atoms with E-state index in [2.05, 4.69) is 18.8 Å². The molecule has 3 heterocycles. The molecule has 1 saturated heterocycles. The maximum Gasteiger partial charge on any atom is 0.242 e. The molecular formula is C16H21N3O2S. The van der Waals surface area contributed by atoms with Crippen molar-refractivity contribution in [2.24, 2.45) is 11.8 Å². The molecule has 0 unspecified atom stereocenters. The Labute approximate surface area is 135 Å². The third-order valence-corrected chi connectivity index (χ3v) is 5.17. The second kappa shape index (κ2) is 6.28. The Hall–Kier alpha value is -1.56. The maximum atomic E-state index is 12.6. The van der Waals surface area contributed by atoms with Crippen molar-refractivity contribution >= 4 is 29.3 Å². The van der Waals surface area contributed by atoms with Crippen molar-refractivity contribution in [3.8, 4) is 0 Å². The fourth-order valence-corrected chi connectivity index (χ4v) is 4.19. The van der Waals surface area contributed by atoms with E-state index in [1.54, 1.807) is 17.2 Å². The number of thioether (sulfide) groups is 1. The molecule has 1 aromatic rings. The van der Waals surface area contributed by atoms with Crippen LogP contribution < -0.4 is 4.90 Å². The minimum absolute atomic E-state index is 0.0167. The summed E-state index contributed by atoms with van der Waals surface area (Å²) in [4.78, 5) is 32.6. The lowest BCUT2D eigenvalue weighted by molar-refractivity contribution is -0.133. The highest BCUT2D eigenvalue weighted by Gasteiger charge is 2.31. The van der Waals surface area contributed by atoms with Crippen LogP contribution in [0.3, 0.4) is 0 Å². The third kappa shape index (κ3) is 3.11. The van der Waals surface area contributed by atoms with Gasteiger partial charge in [0.1, 0.15) is 11.6 Å². The number of aromatic nitrogens is 1. The highest BCUT2D eigenvalue weighted by Crippen LogP contribution is 2.33. The summed E-state index contributed by atoms with van der Waals surface area (Å²) in [6.07, 6.45) is 2.88. The van der Waals surface area contributed by atoms with E-state index in [0.717, 1.165) is 30.2 Å². The molecule has 118 valence electrons. The predicted molar refractivity (Wildman–Crippen MR) is 86.8 cm³/mol. The number of piperidine rings is 1. The molecule has 0 spiro atoms. The summed E-state index contributed by atoms with van der Waals surface area (Å²) in [5.41, 5.74) is 0.759. The molecule has 0 aromatic carbocycles. The van der Waals surface area contributed by atoms with Crippen molar-refractivity contribution in [3.63, 3.8) is 0 Å². The molecule has 0 N–H and O–H groups in total. The summed E-state index contributed by atoms with van der Waals surface area (Å²) in [7, 11) is 0. The van der Waals surface area contributed by atoms with Gasteiger partial charge in [0.2, 0.25) is 11.8 Å². The van der Waals surface area contributed by atoms with Gasteiger partial charge in [-0.05, 0) is 30.4 Å². The van der Waals surface area contributed by atoms with Gasteiger partial charge in [-0.1, -0.05) is 25.6 Å². The highest BCUT2D eigenvalue weighted by atomic mass is 32.2. The first kappa shape index (κ1) is 15.3. The minimum atomic E-state index is -0.0167. The number of rotatable bonds is 2. The smallest absolute Gasteiger partial charge is 0.242 e. The van der Waals surface area contributed by atoms with Gasteiger partial charge in [0.05, 0.1) is 11.4 Å². The van der Waals surface area contributed by atoms with Crippen molar-refractivity contribution in [3.05, 3.63) is 18.3 Å². The fraction of sp³-hybridized carbons (Fsp3) is 0.562. The second-order valence-corrected chi connectivity index (χ2v) is 7.31. The summed E-state index contributed by atoms with van der Waals surface area (Å²) in [6, 6.07) is 3.67. The zero-order valence-corrected chi connectivity index (χ0v) is 13.8. The molecule has 0 aliphatic carbocycles. The molecule has 2 aliphatic rings. The molecular weight excluding hydrogens is 298 g/mol. The standard InChI is InChI=1S/C16H21N3O2S/c1-11-6-12(2)8-18(7-11)14(20)9-19-13-4-3-5-17-16(13)22-10-15(19)21/h3-5,11-12H,6-10H2,1-2H3/t11-,12+. The van der Waals surface area contributed by atoms with E-state index in [1.807, 2.05) is 11.0 Å². The number of carbonyl (C=O) groups is 2. The van der Waals surface area contributed by atoms with Crippen LogP contribution in [-0.2, 0) is 9.59 Å². The minimum Gasteiger partial charge on any atom is -0.341 e. The zero-order valence-electron chi connectivity index (χ0n) is 13.0. The molecule has 2 aliphatic heterocycles. The van der Waals surface area contributed by atoms with Crippen LogP contribution >= 0.6 is 11.8 Å². The largest absolute Gasteiger partial charge is 0.341 e. The number of hydrogen-bond acceptors (Lipinski definition) is 4. The van der Waals surface area contributed by atoms with Gasteiger partial charge >= 0.3 is 0 Å². The van der Waals surface area contributed by atoms with Gasteiger partial charge < -0.3 is 4.90 Å². The van der Waals surface area contributed by atoms with Gasteiger partial charge in [-0.2, -0.15) is 0 Å². The zero-order chi connectivity index (χ0) is 15.7. The summed E-state index contributed by atoms with van der Waals surface area (Å²) < 4.78 is 0. The summed E-state index contributed by atoms with van der Waals surface area (Å²) in [5, 5.41) is 0.829. The van der Waals surface area contributed by atoms with Crippen molar-refractivity contribution < 1.29 is 9.59 Å². The molecule has 2 amide bonds. The molecule has 0 bridgehead atoms. The van der Waals surface area contributed by atoms with E-state index in [9.17, 15) is 9.59 Å². The first-order valence-electron chi connectivity index (χ1n) is 7.70. The molecule has 0 saturated carbocycles. The molecule has 1 aromatic heterocycles. The van der Waals surface area contributed by atoms with E-state index >= 15 is 0 Å². The number of anilines is 1. The Balaban J connectivity index is 1.75. The van der Waals surface area contributed by atoms with Gasteiger partial charge in [0.25, 0.3) is 0 Å². The second-order valence-electron chi connectivity index (χ2n) is 6.34. The summed E-state index contributed by atoms with van der Waals surface area (Å²) >= 11 is 1.44. The van der Waals surface area contributed by atoms with Crippen LogP contribution in [0.25, 0.3) is 0 Å². The highest BCUT2D eigenvalue weighted by molar-refractivity contribution is 8.00. The lowest BCUT2D eigenvalue weighted by Crippen LogP contribution is -2.49. The average molecular weight is 319 g/mol. The van der Waals surface area contributed by atoms with Crippen LogP contribution in [0.2, 0.25) is 0 Å². The normalized spacial score (nSPS) is 25.1. The number of carbonyl (C=O) groups excluding carboxylic acids is 2. The average Bonchev–Trinajstić information content (AvgIpc) is 2.49. The Morgan fingerprint density at radius 1 is 1.36 bits per heavy atom. The first-order chi connectivity index (χ1) is 10.5. The Morgan fingerprint density at radius 2 is 2.09 bits per heavy atom. The Morgan fingerprint density at radius 3 is 2.82 bits per heavy atom. The van der Waals surface area contributed by atoms with Gasteiger partial charge in [-0.25, -0.2) is 4.98 Å². The molecule has 3 rings (SSSR count). The quantitative estimate of drug-likeness (QED) is 0.837. The van der Waals surface area contributed by atoms with Crippen LogP contribution in [0.5, 0.6) is 0 Å². The third-order valence-electron chi connectivity index (χ3n) is 4.19. The SMILES string of the molecule is C[C@@H]1C[C@H](C)CN(C(=O)CN2C(=O)CSc3ncccc32)C1. The topological polar surface area (TPSA) is 53.5 Å². The van der Waals surface area contributed by atoms with E-state index in [4.69, 9.17) is 0 Å². The molecule has 0 radical (unpaired) electrons. The lowest BCUT2D eigenvalue weighted by atomic mass is 9.92. The predicted octanol–water partition coefficient (Wildman–Crippen LogP) is 2.02. The monoisotopic (exact) mass is 319 g/mol. The van der Waals surface area contributed by atoms with Crippen LogP contribution in [0.15, 0.2) is 23.4 Å². The van der Waals surface area contributed by atoms with Gasteiger partial charge in [0.15, 0.2) is 0 Å². The van der Waals surface area contributed by atoms with Crippen molar-refractivity contribution in [2.75, 3.05) is 30.3 Å². The van der Waals surface area contributed by atoms with Gasteiger partial charge in [0, 0.05) is 19.3 Å². The lowest BCUT2D eigenvalue weighted by Gasteiger charge is -2.36. The Kier molecular flexibility index (Phi) is 4.38. The molecule has 2 atom stereocenters. The summed E-state index contributed by atoms with van der Waals surface area (Å²) in [5.74, 6) is 1.42. The molecule has 1 fully saturated rings. The van der Waals surface area contributed by atoms with E-state index in [0.29, 0.717) is 17.6 Å². The van der Waals surface area contributed by atoms with Crippen molar-refractivity contribution in [1.29, 1.82) is 0 Å². The van der Waals surface area contributed by atoms with Crippen LogP contribution in [0, 0.1) is 11.8 Å². The number of likely N-dealkylation sites (tertiary alicyclic amines) is 1. The van der Waals surface area contributed by atoms with Crippen molar-refractivity contribution in [2.45, 2.75) is 25.3 Å². The Bertz CT molecular complexity index is 583. The van der Waals surface area contributed by atoms with Gasteiger partial charge in [-0.3, -0.25) is 14.5 Å². The first-order valence-corrected chi connectivity index (χ1v) is 8.69. The number of nitrogens with zero attached hydrogens (tertiary/aromatic N) is 3. The van der Waals surface area contributed by atoms with E-state index < -0.39 is 0 Å². The molecule has 5 nitrogen and oxygen atoms in total. The van der Waals surface area contributed by atoms with Crippen LogP contribution in [0.1, 0.15) is 20.3 Å². The molecule has 6 heteroatoms.